The number of methoxy groups -OCH3 is 3. The minimum Gasteiger partial charge on any atom is -0.493 e. The van der Waals surface area contributed by atoms with Gasteiger partial charge >= 0.3 is 0 Å². The Hall–Kier alpha value is -2.96. The maximum Gasteiger partial charge on any atom is 0.255 e. The van der Waals surface area contributed by atoms with E-state index in [4.69, 9.17) is 14.2 Å². The molecule has 0 unspecified atom stereocenters. The summed E-state index contributed by atoms with van der Waals surface area (Å²) in [6.45, 7) is 5.21. The number of hydrogen-bond acceptors (Lipinski definition) is 6. The van der Waals surface area contributed by atoms with E-state index in [0.29, 0.717) is 41.6 Å². The quantitative estimate of drug-likeness (QED) is 0.779. The molecule has 7 nitrogen and oxygen atoms in total. The minimum absolute atomic E-state index is 0.0453. The van der Waals surface area contributed by atoms with Crippen LogP contribution in [0.2, 0.25) is 0 Å². The summed E-state index contributed by atoms with van der Waals surface area (Å²) in [4.78, 5) is 18.4. The van der Waals surface area contributed by atoms with Gasteiger partial charge in [0.25, 0.3) is 5.91 Å². The molecule has 26 heavy (non-hydrogen) atoms. The first kappa shape index (κ1) is 19.4. The van der Waals surface area contributed by atoms with Crippen LogP contribution in [0.3, 0.4) is 0 Å². The molecule has 1 heterocycles. The first-order chi connectivity index (χ1) is 12.6. The first-order valence-corrected chi connectivity index (χ1v) is 8.39. The van der Waals surface area contributed by atoms with E-state index in [-0.39, 0.29) is 5.91 Å². The van der Waals surface area contributed by atoms with Gasteiger partial charge in [0.2, 0.25) is 5.75 Å². The maximum atomic E-state index is 12.5. The van der Waals surface area contributed by atoms with Crippen molar-refractivity contribution in [1.82, 2.24) is 9.88 Å². The Labute approximate surface area is 153 Å². The fourth-order valence-electron chi connectivity index (χ4n) is 2.64. The molecule has 1 aromatic carbocycles. The molecule has 0 aliphatic carbocycles. The van der Waals surface area contributed by atoms with E-state index >= 15 is 0 Å². The second-order valence-electron chi connectivity index (χ2n) is 5.48. The van der Waals surface area contributed by atoms with Crippen LogP contribution in [0, 0.1) is 0 Å². The molecule has 0 saturated heterocycles. The zero-order chi connectivity index (χ0) is 19.1. The molecular formula is C19H25N3O4. The number of rotatable bonds is 8. The predicted octanol–water partition coefficient (Wildman–Crippen LogP) is 3.33. The fourth-order valence-corrected chi connectivity index (χ4v) is 2.64. The number of aromatic nitrogens is 1. The highest BCUT2D eigenvalue weighted by atomic mass is 16.5. The molecule has 0 bridgehead atoms. The van der Waals surface area contributed by atoms with Crippen LogP contribution in [0.4, 0.5) is 11.4 Å². The highest BCUT2D eigenvalue weighted by molar-refractivity contribution is 5.95. The summed E-state index contributed by atoms with van der Waals surface area (Å²) >= 11 is 0. The Bertz CT molecular complexity index is 735. The van der Waals surface area contributed by atoms with E-state index in [1.54, 1.807) is 56.8 Å². The van der Waals surface area contributed by atoms with Crippen LogP contribution in [0.1, 0.15) is 24.2 Å². The first-order valence-electron chi connectivity index (χ1n) is 8.39. The van der Waals surface area contributed by atoms with Gasteiger partial charge in [-0.05, 0) is 19.9 Å². The summed E-state index contributed by atoms with van der Waals surface area (Å²) in [7, 11) is 4.68. The van der Waals surface area contributed by atoms with Crippen LogP contribution < -0.4 is 19.5 Å². The lowest BCUT2D eigenvalue weighted by Crippen LogP contribution is -2.30. The topological polar surface area (TPSA) is 72.9 Å². The molecule has 0 fully saturated rings. The Kier molecular flexibility index (Phi) is 6.66. The van der Waals surface area contributed by atoms with Crippen molar-refractivity contribution >= 4 is 17.3 Å². The SMILES string of the molecule is CCN(CC)C(=O)c1cncc(Nc2cc(OC)c(OC)c(OC)c2)c1. The maximum absolute atomic E-state index is 12.5. The third-order valence-corrected chi connectivity index (χ3v) is 3.99. The zero-order valence-corrected chi connectivity index (χ0v) is 15.8. The molecular weight excluding hydrogens is 334 g/mol. The average Bonchev–Trinajstić information content (AvgIpc) is 2.68. The van der Waals surface area contributed by atoms with Gasteiger partial charge in [0.05, 0.1) is 38.8 Å². The lowest BCUT2D eigenvalue weighted by molar-refractivity contribution is 0.0772. The van der Waals surface area contributed by atoms with Crippen LogP contribution in [0.5, 0.6) is 17.2 Å². The average molecular weight is 359 g/mol. The van der Waals surface area contributed by atoms with Crippen molar-refractivity contribution in [3.05, 3.63) is 36.2 Å². The van der Waals surface area contributed by atoms with Crippen LogP contribution in [-0.4, -0.2) is 50.2 Å². The molecule has 0 atom stereocenters. The molecule has 140 valence electrons. The highest BCUT2D eigenvalue weighted by Gasteiger charge is 2.15. The van der Waals surface area contributed by atoms with Crippen molar-refractivity contribution in [2.75, 3.05) is 39.7 Å². The smallest absolute Gasteiger partial charge is 0.255 e. The standard InChI is InChI=1S/C19H25N3O4/c1-6-22(7-2)19(23)13-8-15(12-20-11-13)21-14-9-16(24-3)18(26-5)17(10-14)25-4/h8-12,21H,6-7H2,1-5H3. The minimum atomic E-state index is -0.0453. The zero-order valence-electron chi connectivity index (χ0n) is 15.8. The summed E-state index contributed by atoms with van der Waals surface area (Å²) in [5.74, 6) is 1.55. The molecule has 1 amide bonds. The number of carbonyl (C=O) groups is 1. The van der Waals surface area contributed by atoms with Crippen molar-refractivity contribution < 1.29 is 19.0 Å². The fraction of sp³-hybridized carbons (Fsp3) is 0.368. The van der Waals surface area contributed by atoms with Crippen LogP contribution in [0.15, 0.2) is 30.6 Å². The van der Waals surface area contributed by atoms with E-state index in [2.05, 4.69) is 10.3 Å². The second kappa shape index (κ2) is 8.94. The van der Waals surface area contributed by atoms with E-state index in [9.17, 15) is 4.79 Å². The van der Waals surface area contributed by atoms with E-state index in [1.165, 1.54) is 0 Å². The number of anilines is 2. The van der Waals surface area contributed by atoms with Crippen molar-refractivity contribution in [3.8, 4) is 17.2 Å². The van der Waals surface area contributed by atoms with Gasteiger partial charge in [-0.25, -0.2) is 0 Å². The summed E-state index contributed by atoms with van der Waals surface area (Å²) in [5, 5.41) is 3.23. The molecule has 0 aliphatic rings. The van der Waals surface area contributed by atoms with Gasteiger partial charge < -0.3 is 24.4 Å². The Morgan fingerprint density at radius 2 is 1.58 bits per heavy atom. The van der Waals surface area contributed by atoms with Gasteiger partial charge in [0, 0.05) is 37.1 Å². The van der Waals surface area contributed by atoms with Crippen LogP contribution in [0.25, 0.3) is 0 Å². The van der Waals surface area contributed by atoms with Gasteiger partial charge in [-0.1, -0.05) is 0 Å². The lowest BCUT2D eigenvalue weighted by atomic mass is 10.2. The largest absolute Gasteiger partial charge is 0.493 e. The normalized spacial score (nSPS) is 10.2. The van der Waals surface area contributed by atoms with Crippen molar-refractivity contribution in [3.63, 3.8) is 0 Å². The van der Waals surface area contributed by atoms with Gasteiger partial charge in [-0.2, -0.15) is 0 Å². The molecule has 0 saturated carbocycles. The van der Waals surface area contributed by atoms with Crippen LogP contribution in [-0.2, 0) is 0 Å². The molecule has 0 radical (unpaired) electrons. The summed E-state index contributed by atoms with van der Waals surface area (Å²) in [5.41, 5.74) is 1.96. The number of carbonyl (C=O) groups excluding carboxylic acids is 1. The van der Waals surface area contributed by atoms with Gasteiger partial charge in [-0.3, -0.25) is 9.78 Å². The monoisotopic (exact) mass is 359 g/mol. The Balaban J connectivity index is 2.32. The number of benzene rings is 1. The highest BCUT2D eigenvalue weighted by Crippen LogP contribution is 2.40. The van der Waals surface area contributed by atoms with Crippen LogP contribution >= 0.6 is 0 Å². The molecule has 0 spiro atoms. The molecule has 7 heteroatoms. The Morgan fingerprint density at radius 3 is 2.08 bits per heavy atom. The lowest BCUT2D eigenvalue weighted by Gasteiger charge is -2.19. The predicted molar refractivity (Wildman–Crippen MR) is 101 cm³/mol. The van der Waals surface area contributed by atoms with Gasteiger partial charge in [0.15, 0.2) is 11.5 Å². The van der Waals surface area contributed by atoms with E-state index < -0.39 is 0 Å². The molecule has 1 aromatic heterocycles. The van der Waals surface area contributed by atoms with E-state index in [0.717, 1.165) is 5.69 Å². The van der Waals surface area contributed by atoms with E-state index in [1.807, 2.05) is 13.8 Å². The Morgan fingerprint density at radius 1 is 0.962 bits per heavy atom. The summed E-state index contributed by atoms with van der Waals surface area (Å²) < 4.78 is 16.0. The number of ether oxygens (including phenoxy) is 3. The molecule has 2 aromatic rings. The number of amides is 1. The van der Waals surface area contributed by atoms with Crippen molar-refractivity contribution in [2.45, 2.75) is 13.8 Å². The number of hydrogen-bond donors (Lipinski definition) is 1. The molecule has 1 N–H and O–H groups in total. The molecule has 2 rings (SSSR count). The van der Waals surface area contributed by atoms with Crippen molar-refractivity contribution in [1.29, 1.82) is 0 Å². The summed E-state index contributed by atoms with van der Waals surface area (Å²) in [6.07, 6.45) is 3.23. The van der Waals surface area contributed by atoms with Gasteiger partial charge in [0.1, 0.15) is 0 Å². The van der Waals surface area contributed by atoms with Gasteiger partial charge in [-0.15, -0.1) is 0 Å². The number of nitrogens with zero attached hydrogens (tertiary/aromatic N) is 2. The number of pyridine rings is 1. The third kappa shape index (κ3) is 4.17. The molecule has 0 aliphatic heterocycles. The number of nitrogens with one attached hydrogen (secondary N) is 1. The third-order valence-electron chi connectivity index (χ3n) is 3.99. The van der Waals surface area contributed by atoms with Crippen molar-refractivity contribution in [2.24, 2.45) is 0 Å². The summed E-state index contributed by atoms with van der Waals surface area (Å²) in [6, 6.07) is 5.36. The second-order valence-corrected chi connectivity index (χ2v) is 5.48.